The molecule has 1 aromatic rings. The minimum Gasteiger partial charge on any atom is -0.468 e. The van der Waals surface area contributed by atoms with Gasteiger partial charge in [0.1, 0.15) is 6.04 Å². The number of nitrogens with two attached hydrogens (primary N) is 1. The number of rotatable bonds is 3. The van der Waals surface area contributed by atoms with Crippen molar-refractivity contribution in [3.05, 3.63) is 34.9 Å². The Balaban J connectivity index is 1.82. The molecule has 3 aliphatic carbocycles. The molecular formula is C16H21NO2. The Bertz CT molecular complexity index is 510. The number of hydrogen-bond acceptors (Lipinski definition) is 3. The van der Waals surface area contributed by atoms with Crippen LogP contribution in [0.1, 0.15) is 36.0 Å². The molecule has 3 nitrogen and oxygen atoms in total. The Kier molecular flexibility index (Phi) is 2.55. The molecule has 2 bridgehead atoms. The number of esters is 1. The summed E-state index contributed by atoms with van der Waals surface area (Å²) in [6, 6.07) is 6.00. The second-order valence-electron chi connectivity index (χ2n) is 6.44. The average molecular weight is 259 g/mol. The lowest BCUT2D eigenvalue weighted by Gasteiger charge is -2.73. The van der Waals surface area contributed by atoms with Crippen molar-refractivity contribution < 1.29 is 9.53 Å². The van der Waals surface area contributed by atoms with E-state index < -0.39 is 6.04 Å². The SMILES string of the molecule is COC(=O)C(N)C12CC(c3c(C)cccc3C)(C1)C2. The number of hydrogen-bond donors (Lipinski definition) is 1. The van der Waals surface area contributed by atoms with Gasteiger partial charge in [0.15, 0.2) is 0 Å². The van der Waals surface area contributed by atoms with Crippen molar-refractivity contribution in [2.75, 3.05) is 7.11 Å². The van der Waals surface area contributed by atoms with Crippen LogP contribution in [-0.4, -0.2) is 19.1 Å². The maximum Gasteiger partial charge on any atom is 0.323 e. The van der Waals surface area contributed by atoms with Crippen molar-refractivity contribution in [3.63, 3.8) is 0 Å². The topological polar surface area (TPSA) is 52.3 Å². The maximum absolute atomic E-state index is 11.6. The minimum atomic E-state index is -0.455. The van der Waals surface area contributed by atoms with Crippen LogP contribution >= 0.6 is 0 Å². The summed E-state index contributed by atoms with van der Waals surface area (Å²) in [6.45, 7) is 4.35. The fourth-order valence-electron chi connectivity index (χ4n) is 4.49. The molecular weight excluding hydrogens is 238 g/mol. The molecule has 2 N–H and O–H groups in total. The van der Waals surface area contributed by atoms with E-state index in [0.717, 1.165) is 19.3 Å². The Morgan fingerprint density at radius 2 is 1.79 bits per heavy atom. The van der Waals surface area contributed by atoms with Gasteiger partial charge in [-0.05, 0) is 60.6 Å². The number of benzene rings is 1. The first-order chi connectivity index (χ1) is 8.94. The number of methoxy groups -OCH3 is 1. The van der Waals surface area contributed by atoms with Crippen LogP contribution in [0.3, 0.4) is 0 Å². The Morgan fingerprint density at radius 1 is 1.26 bits per heavy atom. The molecule has 1 unspecified atom stereocenters. The third-order valence-electron chi connectivity index (χ3n) is 5.20. The predicted octanol–water partition coefficient (Wildman–Crippen LogP) is 2.23. The zero-order valence-corrected chi connectivity index (χ0v) is 11.8. The van der Waals surface area contributed by atoms with Gasteiger partial charge in [0, 0.05) is 0 Å². The van der Waals surface area contributed by atoms with Crippen LogP contribution in [0.15, 0.2) is 18.2 Å². The van der Waals surface area contributed by atoms with Crippen molar-refractivity contribution in [3.8, 4) is 0 Å². The molecule has 3 saturated carbocycles. The lowest BCUT2D eigenvalue weighted by Crippen LogP contribution is -2.72. The Hall–Kier alpha value is -1.35. The lowest BCUT2D eigenvalue weighted by molar-refractivity contribution is -0.181. The van der Waals surface area contributed by atoms with Gasteiger partial charge in [0.25, 0.3) is 0 Å². The molecule has 0 radical (unpaired) electrons. The van der Waals surface area contributed by atoms with Crippen LogP contribution in [0, 0.1) is 19.3 Å². The summed E-state index contributed by atoms with van der Waals surface area (Å²) in [5.74, 6) is -0.269. The molecule has 0 aromatic heterocycles. The predicted molar refractivity (Wildman–Crippen MR) is 73.9 cm³/mol. The molecule has 0 saturated heterocycles. The lowest BCUT2D eigenvalue weighted by atomic mass is 9.31. The molecule has 3 fully saturated rings. The molecule has 3 heteroatoms. The number of ether oxygens (including phenoxy) is 1. The van der Waals surface area contributed by atoms with E-state index in [-0.39, 0.29) is 16.8 Å². The molecule has 0 aliphatic heterocycles. The first kappa shape index (κ1) is 12.7. The summed E-state index contributed by atoms with van der Waals surface area (Å²) in [5.41, 5.74) is 10.5. The third kappa shape index (κ3) is 1.51. The van der Waals surface area contributed by atoms with E-state index >= 15 is 0 Å². The average Bonchev–Trinajstić information content (AvgIpc) is 2.28. The summed E-state index contributed by atoms with van der Waals surface area (Å²) >= 11 is 0. The van der Waals surface area contributed by atoms with Crippen molar-refractivity contribution in [1.82, 2.24) is 0 Å². The summed E-state index contributed by atoms with van der Waals surface area (Å²) in [6.07, 6.45) is 3.09. The van der Waals surface area contributed by atoms with Crippen molar-refractivity contribution in [2.24, 2.45) is 11.1 Å². The second kappa shape index (κ2) is 3.83. The number of carbonyl (C=O) groups excluding carboxylic acids is 1. The minimum absolute atomic E-state index is 0.00180. The zero-order chi connectivity index (χ0) is 13.8. The van der Waals surface area contributed by atoms with Gasteiger partial charge in [-0.3, -0.25) is 4.79 Å². The van der Waals surface area contributed by atoms with E-state index in [0.29, 0.717) is 0 Å². The molecule has 0 spiro atoms. The molecule has 3 aliphatic rings. The van der Waals surface area contributed by atoms with Crippen LogP contribution in [0.4, 0.5) is 0 Å². The molecule has 1 atom stereocenters. The molecule has 1 aromatic carbocycles. The summed E-state index contributed by atoms with van der Waals surface area (Å²) < 4.78 is 4.78. The summed E-state index contributed by atoms with van der Waals surface area (Å²) in [7, 11) is 1.41. The molecule has 4 rings (SSSR count). The Morgan fingerprint density at radius 3 is 2.26 bits per heavy atom. The highest BCUT2D eigenvalue weighted by Crippen LogP contribution is 2.75. The molecule has 0 heterocycles. The van der Waals surface area contributed by atoms with E-state index in [2.05, 4.69) is 32.0 Å². The standard InChI is InChI=1S/C16H21NO2/c1-10-5-4-6-11(2)12(10)15-7-16(8-15,9-15)13(17)14(18)19-3/h4-6,13H,7-9,17H2,1-3H3. The zero-order valence-electron chi connectivity index (χ0n) is 11.8. The highest BCUT2D eigenvalue weighted by molar-refractivity contribution is 5.78. The van der Waals surface area contributed by atoms with E-state index in [4.69, 9.17) is 10.5 Å². The monoisotopic (exact) mass is 259 g/mol. The molecule has 19 heavy (non-hydrogen) atoms. The van der Waals surface area contributed by atoms with Crippen LogP contribution in [0.2, 0.25) is 0 Å². The number of aryl methyl sites for hydroxylation is 2. The van der Waals surface area contributed by atoms with Crippen LogP contribution < -0.4 is 5.73 Å². The first-order valence-electron chi connectivity index (χ1n) is 6.84. The highest BCUT2D eigenvalue weighted by Gasteiger charge is 2.72. The summed E-state index contributed by atoms with van der Waals surface area (Å²) in [5, 5.41) is 0. The summed E-state index contributed by atoms with van der Waals surface area (Å²) in [4.78, 5) is 11.6. The fraction of sp³-hybridized carbons (Fsp3) is 0.562. The van der Waals surface area contributed by atoms with Crippen LogP contribution in [-0.2, 0) is 14.9 Å². The smallest absolute Gasteiger partial charge is 0.323 e. The van der Waals surface area contributed by atoms with Crippen LogP contribution in [0.25, 0.3) is 0 Å². The quantitative estimate of drug-likeness (QED) is 0.847. The van der Waals surface area contributed by atoms with Crippen molar-refractivity contribution >= 4 is 5.97 Å². The van der Waals surface area contributed by atoms with Crippen molar-refractivity contribution in [1.29, 1.82) is 0 Å². The normalized spacial score (nSPS) is 33.1. The number of carbonyl (C=O) groups is 1. The molecule has 102 valence electrons. The van der Waals surface area contributed by atoms with E-state index in [1.165, 1.54) is 23.8 Å². The van der Waals surface area contributed by atoms with E-state index in [1.807, 2.05) is 0 Å². The van der Waals surface area contributed by atoms with E-state index in [9.17, 15) is 4.79 Å². The fourth-order valence-corrected chi connectivity index (χ4v) is 4.49. The van der Waals surface area contributed by atoms with Crippen molar-refractivity contribution in [2.45, 2.75) is 44.6 Å². The van der Waals surface area contributed by atoms with Gasteiger partial charge >= 0.3 is 5.97 Å². The first-order valence-corrected chi connectivity index (χ1v) is 6.84. The van der Waals surface area contributed by atoms with E-state index in [1.54, 1.807) is 0 Å². The van der Waals surface area contributed by atoms with Gasteiger partial charge in [0.05, 0.1) is 7.11 Å². The van der Waals surface area contributed by atoms with Gasteiger partial charge in [-0.15, -0.1) is 0 Å². The van der Waals surface area contributed by atoms with Crippen LogP contribution in [0.5, 0.6) is 0 Å². The highest BCUT2D eigenvalue weighted by atomic mass is 16.5. The third-order valence-corrected chi connectivity index (χ3v) is 5.20. The van der Waals surface area contributed by atoms with Gasteiger partial charge in [-0.25, -0.2) is 0 Å². The van der Waals surface area contributed by atoms with Gasteiger partial charge in [-0.2, -0.15) is 0 Å². The van der Waals surface area contributed by atoms with Gasteiger partial charge < -0.3 is 10.5 Å². The van der Waals surface area contributed by atoms with Gasteiger partial charge in [-0.1, -0.05) is 18.2 Å². The molecule has 0 amide bonds. The largest absolute Gasteiger partial charge is 0.468 e. The van der Waals surface area contributed by atoms with Gasteiger partial charge in [0.2, 0.25) is 0 Å². The second-order valence-corrected chi connectivity index (χ2v) is 6.44. The maximum atomic E-state index is 11.6. The Labute approximate surface area is 114 Å².